The van der Waals surface area contributed by atoms with E-state index < -0.39 is 11.8 Å². The van der Waals surface area contributed by atoms with E-state index >= 15 is 0 Å². The van der Waals surface area contributed by atoms with E-state index in [-0.39, 0.29) is 12.2 Å². The average molecular weight is 353 g/mol. The van der Waals surface area contributed by atoms with Crippen LogP contribution in [0.25, 0.3) is 0 Å². The minimum atomic E-state index is -1.17. The maximum absolute atomic E-state index is 13.1. The summed E-state index contributed by atoms with van der Waals surface area (Å²) in [5.41, 5.74) is 2.41. The molecule has 0 aliphatic heterocycles. The van der Waals surface area contributed by atoms with Crippen molar-refractivity contribution < 1.29 is 19.0 Å². The first-order valence-electron chi connectivity index (χ1n) is 6.29. The van der Waals surface area contributed by atoms with E-state index in [1.807, 2.05) is 26.0 Å². The minimum absolute atomic E-state index is 0.0719. The molecule has 0 aliphatic rings. The van der Waals surface area contributed by atoms with Gasteiger partial charge in [-0.3, -0.25) is 0 Å². The lowest BCUT2D eigenvalue weighted by Gasteiger charge is -2.11. The highest BCUT2D eigenvalue weighted by Crippen LogP contribution is 2.27. The summed E-state index contributed by atoms with van der Waals surface area (Å²) in [6.45, 7) is 3.97. The predicted molar refractivity (Wildman–Crippen MR) is 81.3 cm³/mol. The fourth-order valence-electron chi connectivity index (χ4n) is 2.02. The normalized spacial score (nSPS) is 10.5. The number of benzene rings is 2. The number of halogens is 2. The van der Waals surface area contributed by atoms with Gasteiger partial charge in [-0.2, -0.15) is 0 Å². The molecule has 0 amide bonds. The lowest BCUT2D eigenvalue weighted by atomic mass is 10.1. The molecular formula is C16H14BrFO3. The first-order chi connectivity index (χ1) is 9.88. The van der Waals surface area contributed by atoms with Crippen molar-refractivity contribution in [1.29, 1.82) is 0 Å². The van der Waals surface area contributed by atoms with Crippen LogP contribution in [-0.4, -0.2) is 11.1 Å². The molecule has 21 heavy (non-hydrogen) atoms. The van der Waals surface area contributed by atoms with Gasteiger partial charge in [0.25, 0.3) is 0 Å². The lowest BCUT2D eigenvalue weighted by Crippen LogP contribution is -2.06. The molecule has 0 heterocycles. The molecule has 2 rings (SSSR count). The molecule has 0 atom stereocenters. The fraction of sp³-hybridized carbons (Fsp3) is 0.188. The Bertz CT molecular complexity index is 675. The van der Waals surface area contributed by atoms with Gasteiger partial charge in [0.05, 0.1) is 5.56 Å². The van der Waals surface area contributed by atoms with Crippen molar-refractivity contribution in [2.24, 2.45) is 0 Å². The van der Waals surface area contributed by atoms with Crippen LogP contribution < -0.4 is 4.74 Å². The van der Waals surface area contributed by atoms with Crippen LogP contribution in [0.2, 0.25) is 0 Å². The Balaban J connectivity index is 2.22. The van der Waals surface area contributed by atoms with Gasteiger partial charge in [-0.25, -0.2) is 9.18 Å². The maximum Gasteiger partial charge on any atom is 0.336 e. The van der Waals surface area contributed by atoms with Crippen LogP contribution in [-0.2, 0) is 6.61 Å². The van der Waals surface area contributed by atoms with Gasteiger partial charge in [-0.15, -0.1) is 0 Å². The van der Waals surface area contributed by atoms with Crippen molar-refractivity contribution in [3.8, 4) is 5.75 Å². The highest BCUT2D eigenvalue weighted by molar-refractivity contribution is 9.10. The quantitative estimate of drug-likeness (QED) is 0.882. The zero-order valence-corrected chi connectivity index (χ0v) is 13.2. The van der Waals surface area contributed by atoms with E-state index in [1.165, 1.54) is 12.1 Å². The molecule has 3 nitrogen and oxygen atoms in total. The Morgan fingerprint density at radius 2 is 1.86 bits per heavy atom. The highest BCUT2D eigenvalue weighted by atomic mass is 79.9. The van der Waals surface area contributed by atoms with Gasteiger partial charge in [0.15, 0.2) is 0 Å². The number of carbonyl (C=O) groups is 1. The topological polar surface area (TPSA) is 46.5 Å². The summed E-state index contributed by atoms with van der Waals surface area (Å²) in [6, 6.07) is 7.38. The van der Waals surface area contributed by atoms with Crippen molar-refractivity contribution in [2.75, 3.05) is 0 Å². The van der Waals surface area contributed by atoms with Gasteiger partial charge in [0.1, 0.15) is 18.2 Å². The molecule has 0 bridgehead atoms. The third-order valence-corrected chi connectivity index (χ3v) is 4.36. The van der Waals surface area contributed by atoms with Gasteiger partial charge in [-0.1, -0.05) is 22.0 Å². The van der Waals surface area contributed by atoms with Crippen molar-refractivity contribution in [1.82, 2.24) is 0 Å². The van der Waals surface area contributed by atoms with E-state index in [4.69, 9.17) is 9.84 Å². The molecule has 1 N–H and O–H groups in total. The number of aromatic carboxylic acids is 1. The van der Waals surface area contributed by atoms with Crippen molar-refractivity contribution in [2.45, 2.75) is 20.5 Å². The summed E-state index contributed by atoms with van der Waals surface area (Å²) in [4.78, 5) is 11.1. The Labute approximate surface area is 130 Å². The van der Waals surface area contributed by atoms with E-state index in [0.717, 1.165) is 21.7 Å². The molecule has 2 aromatic rings. The SMILES string of the molecule is Cc1cc(OCc2ccc(F)cc2C(=O)O)cc(C)c1Br. The van der Waals surface area contributed by atoms with Gasteiger partial charge in [-0.05, 0) is 49.2 Å². The number of rotatable bonds is 4. The number of hydrogen-bond donors (Lipinski definition) is 1. The van der Waals surface area contributed by atoms with Crippen LogP contribution in [0.4, 0.5) is 4.39 Å². The third kappa shape index (κ3) is 3.61. The Kier molecular flexibility index (Phi) is 4.63. The van der Waals surface area contributed by atoms with Gasteiger partial charge in [0, 0.05) is 10.0 Å². The summed E-state index contributed by atoms with van der Waals surface area (Å²) in [7, 11) is 0. The molecule has 0 spiro atoms. The van der Waals surface area contributed by atoms with E-state index in [2.05, 4.69) is 15.9 Å². The molecule has 2 aromatic carbocycles. The molecule has 0 saturated carbocycles. The van der Waals surface area contributed by atoms with Gasteiger partial charge < -0.3 is 9.84 Å². The number of carboxylic acids is 1. The number of ether oxygens (including phenoxy) is 1. The molecule has 0 radical (unpaired) electrons. The summed E-state index contributed by atoms with van der Waals surface area (Å²) in [5, 5.41) is 9.08. The number of carboxylic acid groups (broad SMARTS) is 1. The second-order valence-electron chi connectivity index (χ2n) is 4.77. The first kappa shape index (κ1) is 15.5. The predicted octanol–water partition coefficient (Wildman–Crippen LogP) is 4.48. The van der Waals surface area contributed by atoms with Crippen molar-refractivity contribution in [3.63, 3.8) is 0 Å². The van der Waals surface area contributed by atoms with Gasteiger partial charge in [0.2, 0.25) is 0 Å². The Morgan fingerprint density at radius 1 is 1.24 bits per heavy atom. The van der Waals surface area contributed by atoms with Crippen molar-refractivity contribution in [3.05, 3.63) is 62.9 Å². The smallest absolute Gasteiger partial charge is 0.336 e. The zero-order valence-electron chi connectivity index (χ0n) is 11.6. The molecular weight excluding hydrogens is 339 g/mol. The van der Waals surface area contributed by atoms with Crippen LogP contribution in [0, 0.1) is 19.7 Å². The monoisotopic (exact) mass is 352 g/mol. The maximum atomic E-state index is 13.1. The van der Waals surface area contributed by atoms with Crippen molar-refractivity contribution >= 4 is 21.9 Å². The second-order valence-corrected chi connectivity index (χ2v) is 5.56. The van der Waals surface area contributed by atoms with Crippen LogP contribution in [0.5, 0.6) is 5.75 Å². The van der Waals surface area contributed by atoms with Gasteiger partial charge >= 0.3 is 5.97 Å². The lowest BCUT2D eigenvalue weighted by molar-refractivity contribution is 0.0693. The largest absolute Gasteiger partial charge is 0.489 e. The molecule has 0 fully saturated rings. The summed E-state index contributed by atoms with van der Waals surface area (Å²) in [5.74, 6) is -1.10. The first-order valence-corrected chi connectivity index (χ1v) is 7.09. The Hall–Kier alpha value is -1.88. The fourth-order valence-corrected chi connectivity index (χ4v) is 2.25. The number of hydrogen-bond acceptors (Lipinski definition) is 2. The zero-order chi connectivity index (χ0) is 15.6. The molecule has 0 aliphatic carbocycles. The molecule has 0 unspecified atom stereocenters. The Morgan fingerprint density at radius 3 is 2.43 bits per heavy atom. The summed E-state index contributed by atoms with van der Waals surface area (Å²) < 4.78 is 19.8. The number of aryl methyl sites for hydroxylation is 2. The van der Waals surface area contributed by atoms with E-state index in [9.17, 15) is 9.18 Å². The van der Waals surface area contributed by atoms with Crippen LogP contribution in [0.15, 0.2) is 34.8 Å². The minimum Gasteiger partial charge on any atom is -0.489 e. The standard InChI is InChI=1S/C16H14BrFO3/c1-9-5-13(6-10(2)15(9)17)21-8-11-3-4-12(18)7-14(11)16(19)20/h3-7H,8H2,1-2H3,(H,19,20). The molecule has 110 valence electrons. The van der Waals surface area contributed by atoms with Crippen LogP contribution in [0.3, 0.4) is 0 Å². The molecule has 5 heteroatoms. The second kappa shape index (κ2) is 6.26. The van der Waals surface area contributed by atoms with E-state index in [1.54, 1.807) is 0 Å². The summed E-state index contributed by atoms with van der Waals surface area (Å²) in [6.07, 6.45) is 0. The third-order valence-electron chi connectivity index (χ3n) is 3.11. The van der Waals surface area contributed by atoms with Crippen LogP contribution in [0.1, 0.15) is 27.0 Å². The highest BCUT2D eigenvalue weighted by Gasteiger charge is 2.12. The van der Waals surface area contributed by atoms with Crippen LogP contribution >= 0.6 is 15.9 Å². The molecule has 0 saturated heterocycles. The average Bonchev–Trinajstić information content (AvgIpc) is 2.43. The summed E-state index contributed by atoms with van der Waals surface area (Å²) >= 11 is 3.47. The van der Waals surface area contributed by atoms with E-state index in [0.29, 0.717) is 11.3 Å². The molecule has 0 aromatic heterocycles.